The first-order chi connectivity index (χ1) is 5.36. The van der Waals surface area contributed by atoms with E-state index in [-0.39, 0.29) is 5.12 Å². The summed E-state index contributed by atoms with van der Waals surface area (Å²) in [6.45, 7) is 1.34. The predicted octanol–water partition coefficient (Wildman–Crippen LogP) is -2.88. The molecule has 0 aliphatic rings. The zero-order valence-corrected chi connectivity index (χ0v) is 6.92. The van der Waals surface area contributed by atoms with Crippen LogP contribution in [0.5, 0.6) is 0 Å². The third kappa shape index (κ3) is 38.5. The van der Waals surface area contributed by atoms with Gasteiger partial charge in [-0.15, -0.1) is 0 Å². The van der Waals surface area contributed by atoms with Gasteiger partial charge in [0.05, 0.1) is 11.9 Å². The van der Waals surface area contributed by atoms with Crippen LogP contribution in [0.1, 0.15) is 6.92 Å². The molecule has 5 nitrogen and oxygen atoms in total. The van der Waals surface area contributed by atoms with E-state index in [1.165, 1.54) is 6.92 Å². The van der Waals surface area contributed by atoms with E-state index in [0.29, 0.717) is 12.2 Å². The lowest BCUT2D eigenvalue weighted by Crippen LogP contribution is -2.23. The van der Waals surface area contributed by atoms with Gasteiger partial charge in [0.2, 0.25) is 0 Å². The molecule has 0 amide bonds. The monoisotopic (exact) mass is 189 g/mol. The molecule has 0 saturated heterocycles. The van der Waals surface area contributed by atoms with E-state index in [9.17, 15) is 24.6 Å². The van der Waals surface area contributed by atoms with Crippen LogP contribution >= 0.6 is 0 Å². The van der Waals surface area contributed by atoms with Crippen LogP contribution in [0.3, 0.4) is 0 Å². The molecule has 0 rings (SSSR count). The molecule has 12 heavy (non-hydrogen) atoms. The molecule has 0 fully saturated rings. The summed E-state index contributed by atoms with van der Waals surface area (Å²) in [7, 11) is 0. The fraction of sp³-hybridized carbons (Fsp3) is 0.167. The molecular formula is C6H5O5S-3. The SMILES string of the molecule is CC(=O)[S-].O=C([O-])/C=C/C(=O)[O-]. The molecule has 0 aliphatic heterocycles. The first-order valence-corrected chi connectivity index (χ1v) is 3.04. The molecule has 0 aromatic carbocycles. The maximum atomic E-state index is 9.41. The molecule has 0 spiro atoms. The molecule has 68 valence electrons. The van der Waals surface area contributed by atoms with Crippen LogP contribution in [0.25, 0.3) is 0 Å². The number of carbonyl (C=O) groups is 3. The van der Waals surface area contributed by atoms with Gasteiger partial charge >= 0.3 is 0 Å². The fourth-order valence-corrected chi connectivity index (χ4v) is 0.136. The second kappa shape index (κ2) is 7.67. The number of aliphatic carboxylic acids is 2. The Kier molecular flexibility index (Phi) is 8.43. The Morgan fingerprint density at radius 1 is 1.08 bits per heavy atom. The van der Waals surface area contributed by atoms with Crippen LogP contribution < -0.4 is 10.2 Å². The second-order valence-electron chi connectivity index (χ2n) is 1.46. The van der Waals surface area contributed by atoms with E-state index in [0.717, 1.165) is 0 Å². The molecule has 0 aromatic heterocycles. The highest BCUT2D eigenvalue weighted by Gasteiger charge is 1.70. The van der Waals surface area contributed by atoms with Gasteiger partial charge in [-0.3, -0.25) is 0 Å². The number of rotatable bonds is 2. The van der Waals surface area contributed by atoms with Crippen molar-refractivity contribution in [3.8, 4) is 0 Å². The minimum Gasteiger partial charge on any atom is -0.742 e. The average molecular weight is 189 g/mol. The normalized spacial score (nSPS) is 8.42. The van der Waals surface area contributed by atoms with Crippen molar-refractivity contribution in [2.75, 3.05) is 0 Å². The second-order valence-corrected chi connectivity index (χ2v) is 2.04. The van der Waals surface area contributed by atoms with Crippen molar-refractivity contribution in [2.24, 2.45) is 0 Å². The van der Waals surface area contributed by atoms with Gasteiger partial charge in [0.25, 0.3) is 0 Å². The molecule has 0 aromatic rings. The maximum Gasteiger partial charge on any atom is 0.0643 e. The lowest BCUT2D eigenvalue weighted by atomic mass is 10.5. The first-order valence-electron chi connectivity index (χ1n) is 2.64. The molecule has 0 atom stereocenters. The van der Waals surface area contributed by atoms with Crippen LogP contribution in [0, 0.1) is 0 Å². The lowest BCUT2D eigenvalue weighted by molar-refractivity contribution is -0.301. The van der Waals surface area contributed by atoms with E-state index < -0.39 is 11.9 Å². The van der Waals surface area contributed by atoms with Gasteiger partial charge in [0.1, 0.15) is 0 Å². The van der Waals surface area contributed by atoms with Gasteiger partial charge in [-0.1, -0.05) is 0 Å². The molecule has 0 unspecified atom stereocenters. The minimum atomic E-state index is -1.55. The van der Waals surface area contributed by atoms with E-state index >= 15 is 0 Å². The van der Waals surface area contributed by atoms with Crippen LogP contribution in [0.15, 0.2) is 12.2 Å². The average Bonchev–Trinajstić information content (AvgIpc) is 1.82. The van der Waals surface area contributed by atoms with Gasteiger partial charge in [0.15, 0.2) is 0 Å². The summed E-state index contributed by atoms with van der Waals surface area (Å²) in [6, 6.07) is 0. The topological polar surface area (TPSA) is 97.3 Å². The van der Waals surface area contributed by atoms with Gasteiger partial charge in [-0.05, 0) is 19.1 Å². The van der Waals surface area contributed by atoms with Crippen LogP contribution in [0.4, 0.5) is 0 Å². The van der Waals surface area contributed by atoms with E-state index in [1.807, 2.05) is 0 Å². The van der Waals surface area contributed by atoms with Gasteiger partial charge in [-0.25, -0.2) is 0 Å². The van der Waals surface area contributed by atoms with Crippen molar-refractivity contribution in [2.45, 2.75) is 6.92 Å². The van der Waals surface area contributed by atoms with Gasteiger partial charge in [0, 0.05) is 5.12 Å². The summed E-state index contributed by atoms with van der Waals surface area (Å²) in [5.74, 6) is -3.09. The number of carboxylic acid groups (broad SMARTS) is 2. The summed E-state index contributed by atoms with van der Waals surface area (Å²) >= 11 is 3.98. The molecule has 0 heterocycles. The number of carboxylic acids is 2. The van der Waals surface area contributed by atoms with Gasteiger partial charge in [-0.2, -0.15) is 0 Å². The fourth-order valence-electron chi connectivity index (χ4n) is 0.136. The highest BCUT2D eigenvalue weighted by molar-refractivity contribution is 7.76. The zero-order chi connectivity index (χ0) is 10.1. The molecule has 0 aliphatic carbocycles. The van der Waals surface area contributed by atoms with Gasteiger partial charge < -0.3 is 37.2 Å². The van der Waals surface area contributed by atoms with Crippen molar-refractivity contribution in [1.82, 2.24) is 0 Å². The van der Waals surface area contributed by atoms with Crippen molar-refractivity contribution < 1.29 is 24.6 Å². The highest BCUT2D eigenvalue weighted by Crippen LogP contribution is 1.64. The third-order valence-electron chi connectivity index (χ3n) is 0.355. The highest BCUT2D eigenvalue weighted by atomic mass is 32.1. The number of hydrogen-bond acceptors (Lipinski definition) is 6. The lowest BCUT2D eigenvalue weighted by Gasteiger charge is -1.90. The molecule has 0 saturated carbocycles. The Balaban J connectivity index is 0. The minimum absolute atomic E-state index is 0.250. The Bertz CT molecular complexity index is 188. The summed E-state index contributed by atoms with van der Waals surface area (Å²) in [6.07, 6.45) is 0.769. The maximum absolute atomic E-state index is 9.41. The number of carbonyl (C=O) groups excluding carboxylic acids is 3. The predicted molar refractivity (Wildman–Crippen MR) is 37.2 cm³/mol. The van der Waals surface area contributed by atoms with Crippen molar-refractivity contribution in [3.05, 3.63) is 12.2 Å². The Morgan fingerprint density at radius 2 is 1.25 bits per heavy atom. The quantitative estimate of drug-likeness (QED) is 0.342. The molecule has 6 heteroatoms. The van der Waals surface area contributed by atoms with E-state index in [2.05, 4.69) is 12.6 Å². The smallest absolute Gasteiger partial charge is 0.0643 e. The van der Waals surface area contributed by atoms with Crippen LogP contribution in [0.2, 0.25) is 0 Å². The molecule has 0 bridgehead atoms. The largest absolute Gasteiger partial charge is 0.742 e. The Labute approximate surface area is 74.1 Å². The van der Waals surface area contributed by atoms with E-state index in [1.54, 1.807) is 0 Å². The number of hydrogen-bond donors (Lipinski definition) is 0. The third-order valence-corrected chi connectivity index (χ3v) is 0.355. The van der Waals surface area contributed by atoms with E-state index in [4.69, 9.17) is 0 Å². The molecule has 0 radical (unpaired) electrons. The van der Waals surface area contributed by atoms with Crippen molar-refractivity contribution in [3.63, 3.8) is 0 Å². The van der Waals surface area contributed by atoms with Crippen molar-refractivity contribution in [1.29, 1.82) is 0 Å². The zero-order valence-electron chi connectivity index (χ0n) is 6.10. The van der Waals surface area contributed by atoms with Crippen molar-refractivity contribution >= 4 is 29.7 Å². The summed E-state index contributed by atoms with van der Waals surface area (Å²) in [4.78, 5) is 28.1. The summed E-state index contributed by atoms with van der Waals surface area (Å²) in [5.41, 5.74) is 0. The standard InChI is InChI=1S/C4H4O4.C2H4OS/c5-3(6)1-2-4(7)8;1-2(3)4/h1-2H,(H,5,6)(H,7,8);1H3,(H,3,4)/p-3/b2-1+;. The Hall–Kier alpha value is -1.43. The Morgan fingerprint density at radius 3 is 1.33 bits per heavy atom. The summed E-state index contributed by atoms with van der Waals surface area (Å²) < 4.78 is 0. The first kappa shape index (κ1) is 13.2. The van der Waals surface area contributed by atoms with Crippen LogP contribution in [-0.4, -0.2) is 17.1 Å². The molecular weight excluding hydrogens is 184 g/mol. The molecule has 0 N–H and O–H groups in total. The summed E-state index contributed by atoms with van der Waals surface area (Å²) in [5, 5.41) is 18.6. The van der Waals surface area contributed by atoms with Crippen LogP contribution in [-0.2, 0) is 27.0 Å².